The van der Waals surface area contributed by atoms with Crippen LogP contribution in [0, 0.1) is 0 Å². The molecule has 0 aliphatic heterocycles. The molecule has 2 aromatic carbocycles. The minimum Gasteiger partial charge on any atom is -0.370 e. The van der Waals surface area contributed by atoms with Gasteiger partial charge in [0.25, 0.3) is 5.91 Å². The second kappa shape index (κ2) is 8.97. The predicted octanol–water partition coefficient (Wildman–Crippen LogP) is 4.43. The zero-order chi connectivity index (χ0) is 18.2. The van der Waals surface area contributed by atoms with Gasteiger partial charge in [-0.2, -0.15) is 0 Å². The van der Waals surface area contributed by atoms with Crippen LogP contribution in [-0.2, 0) is 6.42 Å². The molecule has 0 aliphatic carbocycles. The van der Waals surface area contributed by atoms with Gasteiger partial charge in [-0.15, -0.1) is 0 Å². The van der Waals surface area contributed by atoms with Gasteiger partial charge in [-0.3, -0.25) is 4.79 Å². The molecule has 26 heavy (non-hydrogen) atoms. The lowest BCUT2D eigenvalue weighted by Gasteiger charge is -2.08. The summed E-state index contributed by atoms with van der Waals surface area (Å²) in [6.07, 6.45) is 3.33. The van der Waals surface area contributed by atoms with Crippen molar-refractivity contribution >= 4 is 29.0 Å². The van der Waals surface area contributed by atoms with Gasteiger partial charge in [0.1, 0.15) is 17.8 Å². The second-order valence-corrected chi connectivity index (χ2v) is 6.15. The standard InChI is InChI=1S/C20H19ClN4O/c21-16-10-4-5-11-17(16)25-20(26)18-13-19(24-14-23-18)22-12-6-9-15-7-2-1-3-8-15/h1-5,7-8,10-11,13-14H,6,9,12H2,(H,25,26)(H,22,23,24). The van der Waals surface area contributed by atoms with Crippen molar-refractivity contribution in [2.75, 3.05) is 17.2 Å². The predicted molar refractivity (Wildman–Crippen MR) is 105 cm³/mol. The Morgan fingerprint density at radius 3 is 2.58 bits per heavy atom. The van der Waals surface area contributed by atoms with Crippen molar-refractivity contribution in [2.45, 2.75) is 12.8 Å². The van der Waals surface area contributed by atoms with Gasteiger partial charge in [-0.05, 0) is 30.5 Å². The van der Waals surface area contributed by atoms with E-state index in [4.69, 9.17) is 11.6 Å². The van der Waals surface area contributed by atoms with Gasteiger partial charge in [0.15, 0.2) is 0 Å². The van der Waals surface area contributed by atoms with Crippen LogP contribution < -0.4 is 10.6 Å². The summed E-state index contributed by atoms with van der Waals surface area (Å²) < 4.78 is 0. The van der Waals surface area contributed by atoms with Crippen molar-refractivity contribution in [1.29, 1.82) is 0 Å². The molecule has 0 saturated heterocycles. The molecule has 1 aromatic heterocycles. The van der Waals surface area contributed by atoms with Gasteiger partial charge in [-0.1, -0.05) is 54.1 Å². The first kappa shape index (κ1) is 17.9. The summed E-state index contributed by atoms with van der Waals surface area (Å²) in [6, 6.07) is 19.0. The highest BCUT2D eigenvalue weighted by molar-refractivity contribution is 6.33. The second-order valence-electron chi connectivity index (χ2n) is 5.74. The maximum absolute atomic E-state index is 12.3. The lowest BCUT2D eigenvalue weighted by atomic mass is 10.1. The summed E-state index contributed by atoms with van der Waals surface area (Å²) >= 11 is 6.06. The Hall–Kier alpha value is -2.92. The first-order valence-electron chi connectivity index (χ1n) is 8.38. The van der Waals surface area contributed by atoms with E-state index in [2.05, 4.69) is 32.7 Å². The number of anilines is 2. The number of carbonyl (C=O) groups excluding carboxylic acids is 1. The molecule has 2 N–H and O–H groups in total. The number of rotatable bonds is 7. The van der Waals surface area contributed by atoms with Gasteiger partial charge >= 0.3 is 0 Å². The first-order chi connectivity index (χ1) is 12.7. The van der Waals surface area contributed by atoms with Crippen molar-refractivity contribution in [1.82, 2.24) is 9.97 Å². The van der Waals surface area contributed by atoms with Gasteiger partial charge in [0.05, 0.1) is 10.7 Å². The molecule has 1 amide bonds. The fourth-order valence-corrected chi connectivity index (χ4v) is 2.66. The van der Waals surface area contributed by atoms with Crippen LogP contribution >= 0.6 is 11.6 Å². The number of para-hydroxylation sites is 1. The van der Waals surface area contributed by atoms with Crippen LogP contribution in [0.5, 0.6) is 0 Å². The van der Waals surface area contributed by atoms with E-state index in [1.165, 1.54) is 11.9 Å². The highest BCUT2D eigenvalue weighted by Crippen LogP contribution is 2.21. The Morgan fingerprint density at radius 2 is 1.77 bits per heavy atom. The molecule has 6 heteroatoms. The lowest BCUT2D eigenvalue weighted by molar-refractivity contribution is 0.102. The number of halogens is 1. The van der Waals surface area contributed by atoms with Crippen LogP contribution in [0.3, 0.4) is 0 Å². The Kier molecular flexibility index (Phi) is 6.17. The molecule has 132 valence electrons. The Bertz CT molecular complexity index is 870. The molecule has 0 atom stereocenters. The summed E-state index contributed by atoms with van der Waals surface area (Å²) in [6.45, 7) is 0.761. The summed E-state index contributed by atoms with van der Waals surface area (Å²) in [5, 5.41) is 6.46. The molecule has 3 rings (SSSR count). The van der Waals surface area contributed by atoms with Crippen molar-refractivity contribution in [2.24, 2.45) is 0 Å². The minimum atomic E-state index is -0.326. The molecule has 0 bridgehead atoms. The normalized spacial score (nSPS) is 10.3. The average Bonchev–Trinajstić information content (AvgIpc) is 2.68. The van der Waals surface area contributed by atoms with Crippen LogP contribution in [-0.4, -0.2) is 22.4 Å². The third-order valence-electron chi connectivity index (χ3n) is 3.81. The third-order valence-corrected chi connectivity index (χ3v) is 4.14. The molecule has 0 saturated carbocycles. The highest BCUT2D eigenvalue weighted by atomic mass is 35.5. The van der Waals surface area contributed by atoms with E-state index >= 15 is 0 Å². The zero-order valence-electron chi connectivity index (χ0n) is 14.2. The molecule has 0 spiro atoms. The van der Waals surface area contributed by atoms with Crippen molar-refractivity contribution in [3.63, 3.8) is 0 Å². The van der Waals surface area contributed by atoms with Crippen LogP contribution in [0.4, 0.5) is 11.5 Å². The van der Waals surface area contributed by atoms with Gasteiger partial charge in [-0.25, -0.2) is 9.97 Å². The molecular formula is C20H19ClN4O. The molecule has 0 fully saturated rings. The Morgan fingerprint density at radius 1 is 1.00 bits per heavy atom. The number of aromatic nitrogens is 2. The van der Waals surface area contributed by atoms with E-state index < -0.39 is 0 Å². The number of nitrogens with zero attached hydrogens (tertiary/aromatic N) is 2. The minimum absolute atomic E-state index is 0.283. The number of hydrogen-bond donors (Lipinski definition) is 2. The van der Waals surface area contributed by atoms with E-state index in [-0.39, 0.29) is 11.6 Å². The third kappa shape index (κ3) is 5.04. The van der Waals surface area contributed by atoms with Crippen molar-refractivity contribution < 1.29 is 4.79 Å². The Labute approximate surface area is 157 Å². The number of nitrogens with one attached hydrogen (secondary N) is 2. The van der Waals surface area contributed by atoms with Gasteiger partial charge in [0, 0.05) is 12.6 Å². The number of carbonyl (C=O) groups is 1. The molecule has 0 radical (unpaired) electrons. The van der Waals surface area contributed by atoms with Crippen LogP contribution in [0.15, 0.2) is 67.0 Å². The molecule has 5 nitrogen and oxygen atoms in total. The van der Waals surface area contributed by atoms with E-state index in [0.717, 1.165) is 19.4 Å². The largest absolute Gasteiger partial charge is 0.370 e. The number of hydrogen-bond acceptors (Lipinski definition) is 4. The van der Waals surface area contributed by atoms with E-state index in [0.29, 0.717) is 16.5 Å². The smallest absolute Gasteiger partial charge is 0.274 e. The number of amides is 1. The summed E-state index contributed by atoms with van der Waals surface area (Å²) in [5.74, 6) is 0.296. The van der Waals surface area contributed by atoms with Crippen molar-refractivity contribution in [3.05, 3.63) is 83.3 Å². The van der Waals surface area contributed by atoms with Crippen LogP contribution in [0.1, 0.15) is 22.5 Å². The van der Waals surface area contributed by atoms with Crippen LogP contribution in [0.2, 0.25) is 5.02 Å². The quantitative estimate of drug-likeness (QED) is 0.607. The van der Waals surface area contributed by atoms with E-state index in [1.54, 1.807) is 30.3 Å². The monoisotopic (exact) mass is 366 g/mol. The molecule has 0 aliphatic rings. The summed E-state index contributed by atoms with van der Waals surface area (Å²) in [7, 11) is 0. The topological polar surface area (TPSA) is 66.9 Å². The Balaban J connectivity index is 1.54. The molecule has 0 unspecified atom stereocenters. The number of aryl methyl sites for hydroxylation is 1. The van der Waals surface area contributed by atoms with E-state index in [1.807, 2.05) is 18.2 Å². The van der Waals surface area contributed by atoms with Crippen LogP contribution in [0.25, 0.3) is 0 Å². The fourth-order valence-electron chi connectivity index (χ4n) is 2.48. The summed E-state index contributed by atoms with van der Waals surface area (Å²) in [4.78, 5) is 20.5. The summed E-state index contributed by atoms with van der Waals surface area (Å²) in [5.41, 5.74) is 2.14. The van der Waals surface area contributed by atoms with Crippen molar-refractivity contribution in [3.8, 4) is 0 Å². The first-order valence-corrected chi connectivity index (χ1v) is 8.76. The number of benzene rings is 2. The SMILES string of the molecule is O=C(Nc1ccccc1Cl)c1cc(NCCCc2ccccc2)ncn1. The van der Waals surface area contributed by atoms with E-state index in [9.17, 15) is 4.79 Å². The average molecular weight is 367 g/mol. The maximum atomic E-state index is 12.3. The molecular weight excluding hydrogens is 348 g/mol. The van der Waals surface area contributed by atoms with Gasteiger partial charge in [0.2, 0.25) is 0 Å². The molecule has 3 aromatic rings. The highest BCUT2D eigenvalue weighted by Gasteiger charge is 2.10. The maximum Gasteiger partial charge on any atom is 0.274 e. The molecule has 1 heterocycles. The fraction of sp³-hybridized carbons (Fsp3) is 0.150. The lowest BCUT2D eigenvalue weighted by Crippen LogP contribution is -2.15. The zero-order valence-corrected chi connectivity index (χ0v) is 14.9. The van der Waals surface area contributed by atoms with Gasteiger partial charge < -0.3 is 10.6 Å².